The highest BCUT2D eigenvalue weighted by atomic mass is 31.2. The summed E-state index contributed by atoms with van der Waals surface area (Å²) in [5.41, 5.74) is -3.69. The van der Waals surface area contributed by atoms with Gasteiger partial charge in [0.05, 0.1) is 0 Å². The zero-order valence-electron chi connectivity index (χ0n) is 26.2. The number of halogens is 3. The first-order chi connectivity index (χ1) is 22.8. The van der Waals surface area contributed by atoms with Crippen molar-refractivity contribution in [3.63, 3.8) is 0 Å². The molecule has 1 unspecified atom stereocenters. The van der Waals surface area contributed by atoms with Crippen molar-refractivity contribution in [1.29, 1.82) is 0 Å². The van der Waals surface area contributed by atoms with E-state index < -0.39 is 43.5 Å². The fourth-order valence-electron chi connectivity index (χ4n) is 7.25. The largest absolute Gasteiger partial charge is 0.351 e. The number of alkyl halides is 2. The lowest BCUT2D eigenvalue weighted by Gasteiger charge is -2.39. The van der Waals surface area contributed by atoms with E-state index in [9.17, 15) is 32.3 Å². The average Bonchev–Trinajstić information content (AvgIpc) is 3.80. The Labute approximate surface area is 276 Å². The van der Waals surface area contributed by atoms with Crippen LogP contribution in [0.2, 0.25) is 0 Å². The molecule has 3 aliphatic heterocycles. The molecule has 3 saturated heterocycles. The number of carbonyl (C=O) groups excluding carboxylic acids is 4. The molecule has 4 atom stereocenters. The molecule has 48 heavy (non-hydrogen) atoms. The topological polar surface area (TPSA) is 146 Å². The van der Waals surface area contributed by atoms with Gasteiger partial charge in [-0.15, -0.1) is 0 Å². The average molecular weight is 688 g/mol. The highest BCUT2D eigenvalue weighted by Gasteiger charge is 2.48. The minimum atomic E-state index is -3.88. The van der Waals surface area contributed by atoms with Crippen LogP contribution >= 0.6 is 8.38 Å². The number of rotatable bonds is 7. The fourth-order valence-corrected chi connectivity index (χ4v) is 7.62. The first kappa shape index (κ1) is 33.9. The van der Waals surface area contributed by atoms with E-state index in [1.807, 2.05) is 0 Å². The number of hydrogen-bond donors (Lipinski definition) is 4. The molecule has 0 saturated carbocycles. The standard InChI is InChI=1S/C33H37F3N5O6P/c1-19(42)39-14-12-23-9-11-29(32(45)40-13-4-6-24(40)16-20-5-2-3-7-25(20)34)41(23)31(44)28(18-39)38-30(43)27-17-21-15-22(8-10-26(21)37-27)33(35,36)48(46)47/h2-3,5,7-8,10,15,17,23-24,28-29,37,46-47H,4,6,9,11-14,16,18H2,1H3,(H,38,43)/t23-,24?,28+,29+/m1/s1. The fraction of sp³-hybridized carbons (Fsp3) is 0.455. The second-order valence-corrected chi connectivity index (χ2v) is 13.9. The minimum absolute atomic E-state index is 0.0383. The molecular weight excluding hydrogens is 650 g/mol. The van der Waals surface area contributed by atoms with Gasteiger partial charge in [0.15, 0.2) is 0 Å². The van der Waals surface area contributed by atoms with E-state index in [0.717, 1.165) is 18.6 Å². The number of nitrogens with one attached hydrogen (secondary N) is 2. The summed E-state index contributed by atoms with van der Waals surface area (Å²) in [6, 6.07) is 8.61. The van der Waals surface area contributed by atoms with Crippen molar-refractivity contribution in [2.45, 2.75) is 75.3 Å². The summed E-state index contributed by atoms with van der Waals surface area (Å²) in [7, 11) is -3.58. The predicted octanol–water partition coefficient (Wildman–Crippen LogP) is 3.60. The van der Waals surface area contributed by atoms with Gasteiger partial charge in [0.2, 0.25) is 26.1 Å². The first-order valence-corrected chi connectivity index (χ1v) is 17.2. The number of amides is 4. The van der Waals surface area contributed by atoms with Crippen LogP contribution in [0.5, 0.6) is 0 Å². The smallest absolute Gasteiger partial charge is 0.339 e. The van der Waals surface area contributed by atoms with Crippen molar-refractivity contribution in [2.24, 2.45) is 0 Å². The van der Waals surface area contributed by atoms with Gasteiger partial charge in [-0.2, -0.15) is 8.78 Å². The molecular formula is C33H37F3N5O6P. The van der Waals surface area contributed by atoms with Gasteiger partial charge < -0.3 is 34.8 Å². The number of likely N-dealkylation sites (tertiary alicyclic amines) is 1. The van der Waals surface area contributed by atoms with Gasteiger partial charge >= 0.3 is 5.66 Å². The molecule has 0 bridgehead atoms. The van der Waals surface area contributed by atoms with Crippen molar-refractivity contribution in [1.82, 2.24) is 25.0 Å². The molecule has 1 aromatic heterocycles. The Balaban J connectivity index is 1.23. The number of benzene rings is 2. The monoisotopic (exact) mass is 687 g/mol. The van der Waals surface area contributed by atoms with Crippen LogP contribution in [0.25, 0.3) is 10.9 Å². The summed E-state index contributed by atoms with van der Waals surface area (Å²) < 4.78 is 43.0. The van der Waals surface area contributed by atoms with Crippen LogP contribution in [0.4, 0.5) is 13.2 Å². The lowest BCUT2D eigenvalue weighted by Crippen LogP contribution is -2.61. The Hall–Kier alpha value is -4.00. The van der Waals surface area contributed by atoms with Gasteiger partial charge in [-0.25, -0.2) is 4.39 Å². The zero-order valence-corrected chi connectivity index (χ0v) is 27.1. The van der Waals surface area contributed by atoms with Crippen molar-refractivity contribution in [3.05, 3.63) is 71.2 Å². The maximum absolute atomic E-state index is 14.5. The lowest BCUT2D eigenvalue weighted by atomic mass is 10.0. The van der Waals surface area contributed by atoms with Crippen LogP contribution in [-0.4, -0.2) is 96.9 Å². The van der Waals surface area contributed by atoms with Gasteiger partial charge in [-0.05, 0) is 68.4 Å². The van der Waals surface area contributed by atoms with E-state index in [2.05, 4.69) is 10.3 Å². The minimum Gasteiger partial charge on any atom is -0.351 e. The maximum atomic E-state index is 14.5. The molecule has 3 aromatic rings. The Morgan fingerprint density at radius 2 is 1.81 bits per heavy atom. The first-order valence-electron chi connectivity index (χ1n) is 16.0. The third kappa shape index (κ3) is 6.53. The highest BCUT2D eigenvalue weighted by molar-refractivity contribution is 7.46. The molecule has 15 heteroatoms. The Bertz CT molecular complexity index is 1740. The predicted molar refractivity (Wildman–Crippen MR) is 170 cm³/mol. The van der Waals surface area contributed by atoms with Gasteiger partial charge in [0.25, 0.3) is 5.91 Å². The van der Waals surface area contributed by atoms with Crippen LogP contribution in [0.1, 0.15) is 60.6 Å². The van der Waals surface area contributed by atoms with Gasteiger partial charge in [0, 0.05) is 55.1 Å². The molecule has 4 amide bonds. The van der Waals surface area contributed by atoms with E-state index in [1.54, 1.807) is 28.0 Å². The third-order valence-electron chi connectivity index (χ3n) is 9.76. The van der Waals surface area contributed by atoms with E-state index in [4.69, 9.17) is 9.79 Å². The molecule has 4 N–H and O–H groups in total. The van der Waals surface area contributed by atoms with Gasteiger partial charge in [-0.3, -0.25) is 19.2 Å². The molecule has 0 spiro atoms. The van der Waals surface area contributed by atoms with E-state index >= 15 is 0 Å². The molecule has 11 nitrogen and oxygen atoms in total. The summed E-state index contributed by atoms with van der Waals surface area (Å²) in [6.07, 6.45) is 3.25. The molecule has 256 valence electrons. The highest BCUT2D eigenvalue weighted by Crippen LogP contribution is 2.52. The number of aromatic nitrogens is 1. The maximum Gasteiger partial charge on any atom is 0.339 e. The van der Waals surface area contributed by atoms with Gasteiger partial charge in [-0.1, -0.05) is 24.3 Å². The zero-order chi connectivity index (χ0) is 34.3. The second-order valence-electron chi connectivity index (χ2n) is 12.7. The van der Waals surface area contributed by atoms with Crippen molar-refractivity contribution >= 4 is 42.9 Å². The molecule has 4 heterocycles. The summed E-state index contributed by atoms with van der Waals surface area (Å²) in [5, 5.41) is 2.92. The van der Waals surface area contributed by atoms with Crippen molar-refractivity contribution in [3.8, 4) is 0 Å². The van der Waals surface area contributed by atoms with Crippen molar-refractivity contribution in [2.75, 3.05) is 19.6 Å². The normalized spacial score (nSPS) is 23.4. The second kappa shape index (κ2) is 13.5. The van der Waals surface area contributed by atoms with Crippen molar-refractivity contribution < 1.29 is 42.1 Å². The lowest BCUT2D eigenvalue weighted by molar-refractivity contribution is -0.149. The van der Waals surface area contributed by atoms with Crippen LogP contribution in [0.15, 0.2) is 48.5 Å². The number of nitrogens with zero attached hydrogens (tertiary/aromatic N) is 3. The number of H-pyrrole nitrogens is 1. The Morgan fingerprint density at radius 1 is 1.04 bits per heavy atom. The van der Waals surface area contributed by atoms with Crippen LogP contribution in [-0.2, 0) is 26.5 Å². The number of fused-ring (bicyclic) bond motifs is 2. The number of hydrogen-bond acceptors (Lipinski definition) is 6. The van der Waals surface area contributed by atoms with Crippen LogP contribution in [0.3, 0.4) is 0 Å². The molecule has 6 rings (SSSR count). The summed E-state index contributed by atoms with van der Waals surface area (Å²) >= 11 is 0. The summed E-state index contributed by atoms with van der Waals surface area (Å²) in [6.45, 7) is 2.06. The Morgan fingerprint density at radius 3 is 2.54 bits per heavy atom. The van der Waals surface area contributed by atoms with Crippen LogP contribution < -0.4 is 5.32 Å². The van der Waals surface area contributed by atoms with Gasteiger partial charge in [0.1, 0.15) is 23.6 Å². The molecule has 0 aliphatic carbocycles. The molecule has 0 radical (unpaired) electrons. The quantitative estimate of drug-likeness (QED) is 0.280. The van der Waals surface area contributed by atoms with E-state index in [-0.39, 0.29) is 47.3 Å². The summed E-state index contributed by atoms with van der Waals surface area (Å²) in [4.78, 5) is 80.3. The molecule has 3 aliphatic rings. The third-order valence-corrected chi connectivity index (χ3v) is 10.5. The Kier molecular flexibility index (Phi) is 9.52. The molecule has 2 aromatic carbocycles. The van der Waals surface area contributed by atoms with E-state index in [0.29, 0.717) is 56.3 Å². The number of aromatic amines is 1. The van der Waals surface area contributed by atoms with E-state index in [1.165, 1.54) is 30.0 Å². The summed E-state index contributed by atoms with van der Waals surface area (Å²) in [5.74, 6) is -2.05. The SMILES string of the molecule is CC(=O)N1CC[C@H]2CC[C@@H](C(=O)N3CCCC3Cc3ccccc3F)N2C(=O)[C@@H](NC(=O)c2cc3cc(C(F)(F)P(O)O)ccc3[nH]2)C1. The number of carbonyl (C=O) groups is 4. The van der Waals surface area contributed by atoms with Crippen LogP contribution in [0, 0.1) is 5.82 Å². The molecule has 3 fully saturated rings.